The molecule has 0 bridgehead atoms. The van der Waals surface area contributed by atoms with E-state index in [1.165, 1.54) is 4.31 Å². The number of carbonyl (C=O) groups is 1. The summed E-state index contributed by atoms with van der Waals surface area (Å²) in [6, 6.07) is 6.38. The van der Waals surface area contributed by atoms with Gasteiger partial charge in [0.05, 0.1) is 17.7 Å². The zero-order valence-electron chi connectivity index (χ0n) is 16.7. The summed E-state index contributed by atoms with van der Waals surface area (Å²) in [7, 11) is -0.183. The molecule has 29 heavy (non-hydrogen) atoms. The van der Waals surface area contributed by atoms with Crippen LogP contribution in [0.15, 0.2) is 29.2 Å². The number of nitrogens with zero attached hydrogens (tertiary/aromatic N) is 3. The van der Waals surface area contributed by atoms with Crippen LogP contribution in [0.25, 0.3) is 0 Å². The van der Waals surface area contributed by atoms with Crippen LogP contribution in [0.4, 0.5) is 5.82 Å². The van der Waals surface area contributed by atoms with Crippen molar-refractivity contribution >= 4 is 21.7 Å². The molecule has 0 atom stereocenters. The van der Waals surface area contributed by atoms with Crippen molar-refractivity contribution in [2.24, 2.45) is 13.0 Å². The van der Waals surface area contributed by atoms with Gasteiger partial charge in [0.25, 0.3) is 0 Å². The van der Waals surface area contributed by atoms with Crippen LogP contribution in [0.3, 0.4) is 0 Å². The number of sulfonamides is 1. The molecule has 8 nitrogen and oxygen atoms in total. The largest absolute Gasteiger partial charge is 0.497 e. The molecule has 1 saturated heterocycles. The number of rotatable bonds is 5. The SMILES string of the molecule is COc1ccc(S(=O)(=O)N2CCC(C(=O)Nc3c4c(nn3C)CCC4)CC2)cc1. The Hall–Kier alpha value is -2.39. The van der Waals surface area contributed by atoms with Crippen molar-refractivity contribution in [3.63, 3.8) is 0 Å². The topological polar surface area (TPSA) is 93.5 Å². The van der Waals surface area contributed by atoms with Gasteiger partial charge in [0, 0.05) is 31.6 Å². The predicted octanol–water partition coefficient (Wildman–Crippen LogP) is 1.96. The summed E-state index contributed by atoms with van der Waals surface area (Å²) in [5.74, 6) is 1.14. The average molecular weight is 419 g/mol. The number of methoxy groups -OCH3 is 1. The number of anilines is 1. The molecule has 1 amide bonds. The van der Waals surface area contributed by atoms with Crippen LogP contribution in [0, 0.1) is 5.92 Å². The zero-order chi connectivity index (χ0) is 20.6. The van der Waals surface area contributed by atoms with Crippen LogP contribution in [-0.2, 0) is 34.7 Å². The van der Waals surface area contributed by atoms with Crippen molar-refractivity contribution in [1.82, 2.24) is 14.1 Å². The molecule has 2 heterocycles. The lowest BCUT2D eigenvalue weighted by atomic mass is 9.97. The van der Waals surface area contributed by atoms with Crippen molar-refractivity contribution in [2.75, 3.05) is 25.5 Å². The number of ether oxygens (including phenoxy) is 1. The smallest absolute Gasteiger partial charge is 0.243 e. The molecule has 2 aromatic rings. The third-order valence-electron chi connectivity index (χ3n) is 5.83. The Bertz CT molecular complexity index is 1010. The number of aromatic nitrogens is 2. The van der Waals surface area contributed by atoms with E-state index < -0.39 is 10.0 Å². The van der Waals surface area contributed by atoms with Crippen molar-refractivity contribution in [1.29, 1.82) is 0 Å². The van der Waals surface area contributed by atoms with Gasteiger partial charge in [0.1, 0.15) is 11.6 Å². The Morgan fingerprint density at radius 3 is 2.52 bits per heavy atom. The average Bonchev–Trinajstić information content (AvgIpc) is 3.30. The van der Waals surface area contributed by atoms with E-state index in [4.69, 9.17) is 4.74 Å². The molecule has 9 heteroatoms. The highest BCUT2D eigenvalue weighted by molar-refractivity contribution is 7.89. The Balaban J connectivity index is 1.39. The van der Waals surface area contributed by atoms with Crippen LogP contribution in [0.2, 0.25) is 0 Å². The normalized spacial score (nSPS) is 17.9. The predicted molar refractivity (Wildman–Crippen MR) is 108 cm³/mol. The number of benzene rings is 1. The van der Waals surface area contributed by atoms with Gasteiger partial charge in [-0.3, -0.25) is 9.48 Å². The van der Waals surface area contributed by atoms with Crippen LogP contribution >= 0.6 is 0 Å². The van der Waals surface area contributed by atoms with E-state index in [-0.39, 0.29) is 16.7 Å². The van der Waals surface area contributed by atoms with Crippen molar-refractivity contribution in [2.45, 2.75) is 37.0 Å². The van der Waals surface area contributed by atoms with Gasteiger partial charge < -0.3 is 10.1 Å². The quantitative estimate of drug-likeness (QED) is 0.801. The maximum Gasteiger partial charge on any atom is 0.243 e. The van der Waals surface area contributed by atoms with Crippen LogP contribution < -0.4 is 10.1 Å². The Kier molecular flexibility index (Phi) is 5.35. The molecule has 0 radical (unpaired) electrons. The second-order valence-electron chi connectivity index (χ2n) is 7.59. The maximum absolute atomic E-state index is 12.9. The van der Waals surface area contributed by atoms with Gasteiger partial charge in [0.2, 0.25) is 15.9 Å². The van der Waals surface area contributed by atoms with E-state index in [0.717, 1.165) is 36.3 Å². The molecule has 1 aliphatic carbocycles. The molecule has 0 spiro atoms. The summed E-state index contributed by atoms with van der Waals surface area (Å²) in [6.45, 7) is 0.659. The molecular weight excluding hydrogens is 392 g/mol. The third kappa shape index (κ3) is 3.76. The van der Waals surface area contributed by atoms with Crippen molar-refractivity contribution in [3.8, 4) is 5.75 Å². The standard InChI is InChI=1S/C20H26N4O4S/c1-23-19(17-4-3-5-18(17)22-23)21-20(25)14-10-12-24(13-11-14)29(26,27)16-8-6-15(28-2)7-9-16/h6-9,14H,3-5,10-13H2,1-2H3,(H,21,25). The van der Waals surface area contributed by atoms with Crippen LogP contribution in [0.5, 0.6) is 5.75 Å². The summed E-state index contributed by atoms with van der Waals surface area (Å²) in [6.07, 6.45) is 3.98. The van der Waals surface area contributed by atoms with Crippen LogP contribution in [0.1, 0.15) is 30.5 Å². The fourth-order valence-corrected chi connectivity index (χ4v) is 5.62. The van der Waals surface area contributed by atoms with Crippen LogP contribution in [-0.4, -0.2) is 48.6 Å². The van der Waals surface area contributed by atoms with Gasteiger partial charge >= 0.3 is 0 Å². The molecular formula is C20H26N4O4S. The lowest BCUT2D eigenvalue weighted by Gasteiger charge is -2.30. The fourth-order valence-electron chi connectivity index (χ4n) is 4.15. The highest BCUT2D eigenvalue weighted by Crippen LogP contribution is 2.30. The number of amides is 1. The van der Waals surface area contributed by atoms with Gasteiger partial charge in [-0.25, -0.2) is 8.42 Å². The first kappa shape index (κ1) is 19.9. The van der Waals surface area contributed by atoms with Gasteiger partial charge in [0.15, 0.2) is 0 Å². The first-order valence-corrected chi connectivity index (χ1v) is 11.3. The molecule has 0 unspecified atom stereocenters. The summed E-state index contributed by atoms with van der Waals surface area (Å²) < 4.78 is 34.0. The number of piperidine rings is 1. The second kappa shape index (κ2) is 7.79. The maximum atomic E-state index is 12.9. The number of aryl methyl sites for hydroxylation is 2. The minimum Gasteiger partial charge on any atom is -0.497 e. The van der Waals surface area contributed by atoms with Gasteiger partial charge in [-0.1, -0.05) is 0 Å². The van der Waals surface area contributed by atoms with E-state index in [9.17, 15) is 13.2 Å². The van der Waals surface area contributed by atoms with Crippen molar-refractivity contribution < 1.29 is 17.9 Å². The molecule has 1 fully saturated rings. The zero-order valence-corrected chi connectivity index (χ0v) is 17.5. The molecule has 1 aromatic heterocycles. The number of nitrogens with one attached hydrogen (secondary N) is 1. The number of hydrogen-bond donors (Lipinski definition) is 1. The molecule has 4 rings (SSSR count). The summed E-state index contributed by atoms with van der Waals surface area (Å²) in [5, 5.41) is 7.52. The number of carbonyl (C=O) groups excluding carboxylic acids is 1. The van der Waals surface area contributed by atoms with Gasteiger partial charge in [-0.15, -0.1) is 0 Å². The number of fused-ring (bicyclic) bond motifs is 1. The highest BCUT2D eigenvalue weighted by atomic mass is 32.2. The van der Waals surface area contributed by atoms with Gasteiger partial charge in [-0.2, -0.15) is 9.40 Å². The highest BCUT2D eigenvalue weighted by Gasteiger charge is 2.33. The second-order valence-corrected chi connectivity index (χ2v) is 9.53. The molecule has 1 aromatic carbocycles. The Labute approximate surface area is 170 Å². The fraction of sp³-hybridized carbons (Fsp3) is 0.500. The van der Waals surface area contributed by atoms with Crippen molar-refractivity contribution in [3.05, 3.63) is 35.5 Å². The van der Waals surface area contributed by atoms with E-state index >= 15 is 0 Å². The molecule has 156 valence electrons. The van der Waals surface area contributed by atoms with Gasteiger partial charge in [-0.05, 0) is 56.4 Å². The molecule has 2 aliphatic rings. The van der Waals surface area contributed by atoms with E-state index in [1.54, 1.807) is 36.1 Å². The molecule has 1 aliphatic heterocycles. The Morgan fingerprint density at radius 1 is 1.17 bits per heavy atom. The number of hydrogen-bond acceptors (Lipinski definition) is 5. The lowest BCUT2D eigenvalue weighted by Crippen LogP contribution is -2.41. The molecule has 0 saturated carbocycles. The minimum atomic E-state index is -3.57. The summed E-state index contributed by atoms with van der Waals surface area (Å²) >= 11 is 0. The lowest BCUT2D eigenvalue weighted by molar-refractivity contribution is -0.121. The summed E-state index contributed by atoms with van der Waals surface area (Å²) in [5.41, 5.74) is 2.21. The first-order valence-electron chi connectivity index (χ1n) is 9.90. The summed E-state index contributed by atoms with van der Waals surface area (Å²) in [4.78, 5) is 13.0. The monoisotopic (exact) mass is 418 g/mol. The van der Waals surface area contributed by atoms with E-state index in [0.29, 0.717) is 31.7 Å². The Morgan fingerprint density at radius 2 is 1.86 bits per heavy atom. The third-order valence-corrected chi connectivity index (χ3v) is 7.75. The van der Waals surface area contributed by atoms with E-state index in [1.807, 2.05) is 7.05 Å². The first-order chi connectivity index (χ1) is 13.9. The van der Waals surface area contributed by atoms with E-state index in [2.05, 4.69) is 10.4 Å². The molecule has 1 N–H and O–H groups in total. The minimum absolute atomic E-state index is 0.0517.